The Morgan fingerprint density at radius 1 is 0.966 bits per heavy atom. The average molecular weight is 402 g/mol. The predicted molar refractivity (Wildman–Crippen MR) is 119 cm³/mol. The minimum atomic E-state index is 0.321. The maximum atomic E-state index is 9.42. The molecule has 1 aromatic carbocycles. The smallest absolute Gasteiger partial charge is 0.0594 e. The van der Waals surface area contributed by atoms with Crippen molar-refractivity contribution in [3.8, 4) is 0 Å². The van der Waals surface area contributed by atoms with E-state index in [2.05, 4.69) is 45.9 Å². The molecule has 162 valence electrons. The fourth-order valence-corrected chi connectivity index (χ4v) is 5.80. The molecule has 0 aliphatic carbocycles. The van der Waals surface area contributed by atoms with Crippen LogP contribution in [0, 0.1) is 12.8 Å². The molecule has 4 rings (SSSR count). The van der Waals surface area contributed by atoms with Gasteiger partial charge in [0.15, 0.2) is 0 Å². The Morgan fingerprint density at radius 3 is 2.45 bits per heavy atom. The molecule has 0 saturated carbocycles. The van der Waals surface area contributed by atoms with Crippen LogP contribution in [0.4, 0.5) is 5.69 Å². The highest BCUT2D eigenvalue weighted by atomic mass is 16.5. The van der Waals surface area contributed by atoms with Crippen molar-refractivity contribution >= 4 is 5.69 Å². The molecule has 5 heteroatoms. The second-order valence-corrected chi connectivity index (χ2v) is 9.13. The number of hydrogen-bond donors (Lipinski definition) is 1. The quantitative estimate of drug-likeness (QED) is 0.794. The third-order valence-corrected chi connectivity index (χ3v) is 7.41. The van der Waals surface area contributed by atoms with E-state index in [9.17, 15) is 5.11 Å². The first-order valence-electron chi connectivity index (χ1n) is 11.7. The number of morpholine rings is 1. The Morgan fingerprint density at radius 2 is 1.72 bits per heavy atom. The van der Waals surface area contributed by atoms with Gasteiger partial charge < -0.3 is 14.7 Å². The van der Waals surface area contributed by atoms with Gasteiger partial charge in [0, 0.05) is 57.1 Å². The standard InChI is InChI=1S/C24H39N3O2/c1-20-5-2-3-7-23(20)25-11-8-22(9-12-25)27-13-10-24(21(19-27)6-4-16-28)26-14-17-29-18-15-26/h2-3,5,7,21-22,24,28H,4,6,8-19H2,1H3. The van der Waals surface area contributed by atoms with Gasteiger partial charge in [0.05, 0.1) is 13.2 Å². The van der Waals surface area contributed by atoms with Gasteiger partial charge in [-0.1, -0.05) is 18.2 Å². The number of aliphatic hydroxyl groups excluding tert-OH is 1. The number of hydrogen-bond acceptors (Lipinski definition) is 5. The van der Waals surface area contributed by atoms with E-state index in [1.165, 1.54) is 56.7 Å². The van der Waals surface area contributed by atoms with Gasteiger partial charge in [0.25, 0.3) is 0 Å². The van der Waals surface area contributed by atoms with Crippen LogP contribution in [0.2, 0.25) is 0 Å². The molecular weight excluding hydrogens is 362 g/mol. The predicted octanol–water partition coefficient (Wildman–Crippen LogP) is 2.76. The minimum absolute atomic E-state index is 0.321. The van der Waals surface area contributed by atoms with Gasteiger partial charge >= 0.3 is 0 Å². The second kappa shape index (κ2) is 10.3. The van der Waals surface area contributed by atoms with Crippen molar-refractivity contribution in [1.29, 1.82) is 0 Å². The number of rotatable bonds is 6. The lowest BCUT2D eigenvalue weighted by molar-refractivity contribution is -0.0298. The monoisotopic (exact) mass is 401 g/mol. The van der Waals surface area contributed by atoms with Gasteiger partial charge in [0.2, 0.25) is 0 Å². The van der Waals surface area contributed by atoms with Crippen LogP contribution < -0.4 is 4.90 Å². The van der Waals surface area contributed by atoms with Gasteiger partial charge in [-0.15, -0.1) is 0 Å². The molecule has 0 aromatic heterocycles. The molecule has 5 nitrogen and oxygen atoms in total. The number of anilines is 1. The summed E-state index contributed by atoms with van der Waals surface area (Å²) >= 11 is 0. The number of nitrogens with zero attached hydrogens (tertiary/aromatic N) is 3. The molecule has 2 atom stereocenters. The van der Waals surface area contributed by atoms with Crippen molar-refractivity contribution < 1.29 is 9.84 Å². The lowest BCUT2D eigenvalue weighted by Crippen LogP contribution is -2.57. The number of likely N-dealkylation sites (tertiary alicyclic amines) is 1. The van der Waals surface area contributed by atoms with E-state index in [-0.39, 0.29) is 0 Å². The molecule has 0 radical (unpaired) electrons. The molecule has 3 saturated heterocycles. The fraction of sp³-hybridized carbons (Fsp3) is 0.750. The van der Waals surface area contributed by atoms with Crippen LogP contribution in [-0.4, -0.2) is 86.1 Å². The van der Waals surface area contributed by atoms with E-state index in [4.69, 9.17) is 4.74 Å². The number of aryl methyl sites for hydroxylation is 1. The highest BCUT2D eigenvalue weighted by Gasteiger charge is 2.36. The normalized spacial score (nSPS) is 28.0. The maximum absolute atomic E-state index is 9.42. The van der Waals surface area contributed by atoms with Crippen molar-refractivity contribution in [3.05, 3.63) is 29.8 Å². The Bertz CT molecular complexity index is 626. The highest BCUT2D eigenvalue weighted by Crippen LogP contribution is 2.31. The number of aliphatic hydroxyl groups is 1. The lowest BCUT2D eigenvalue weighted by atomic mass is 9.85. The third-order valence-electron chi connectivity index (χ3n) is 7.41. The molecule has 29 heavy (non-hydrogen) atoms. The number of piperidine rings is 2. The number of ether oxygens (including phenoxy) is 1. The Hall–Kier alpha value is -1.14. The summed E-state index contributed by atoms with van der Waals surface area (Å²) in [6.45, 7) is 11.2. The summed E-state index contributed by atoms with van der Waals surface area (Å²) in [5.74, 6) is 0.684. The summed E-state index contributed by atoms with van der Waals surface area (Å²) in [5, 5.41) is 9.42. The van der Waals surface area contributed by atoms with E-state index < -0.39 is 0 Å². The molecular formula is C24H39N3O2. The molecule has 1 N–H and O–H groups in total. The summed E-state index contributed by atoms with van der Waals surface area (Å²) in [6, 6.07) is 10.2. The lowest BCUT2D eigenvalue weighted by Gasteiger charge is -2.48. The van der Waals surface area contributed by atoms with Gasteiger partial charge in [0.1, 0.15) is 0 Å². The molecule has 0 bridgehead atoms. The van der Waals surface area contributed by atoms with Crippen LogP contribution in [0.25, 0.3) is 0 Å². The summed E-state index contributed by atoms with van der Waals surface area (Å²) < 4.78 is 5.58. The van der Waals surface area contributed by atoms with Crippen LogP contribution in [-0.2, 0) is 4.74 Å². The molecule has 3 aliphatic rings. The van der Waals surface area contributed by atoms with Gasteiger partial charge in [-0.2, -0.15) is 0 Å². The van der Waals surface area contributed by atoms with Crippen molar-refractivity contribution in [2.24, 2.45) is 5.92 Å². The van der Waals surface area contributed by atoms with Gasteiger partial charge in [-0.25, -0.2) is 0 Å². The zero-order chi connectivity index (χ0) is 20.1. The second-order valence-electron chi connectivity index (χ2n) is 9.13. The first-order chi connectivity index (χ1) is 14.3. The first-order valence-corrected chi connectivity index (χ1v) is 11.7. The van der Waals surface area contributed by atoms with E-state index in [1.807, 2.05) is 0 Å². The molecule has 0 spiro atoms. The number of benzene rings is 1. The Labute approximate surface area is 176 Å². The third kappa shape index (κ3) is 5.13. The van der Waals surface area contributed by atoms with Crippen molar-refractivity contribution in [2.45, 2.75) is 51.1 Å². The number of para-hydroxylation sites is 1. The van der Waals surface area contributed by atoms with Crippen LogP contribution in [0.1, 0.15) is 37.7 Å². The maximum Gasteiger partial charge on any atom is 0.0594 e. The molecule has 0 amide bonds. The van der Waals surface area contributed by atoms with E-state index >= 15 is 0 Å². The fourth-order valence-electron chi connectivity index (χ4n) is 5.80. The van der Waals surface area contributed by atoms with E-state index in [0.29, 0.717) is 18.6 Å². The topological polar surface area (TPSA) is 39.2 Å². The Balaban J connectivity index is 1.34. The molecule has 3 fully saturated rings. The van der Waals surface area contributed by atoms with Crippen LogP contribution in [0.3, 0.4) is 0 Å². The zero-order valence-corrected chi connectivity index (χ0v) is 18.1. The van der Waals surface area contributed by atoms with E-state index in [1.54, 1.807) is 0 Å². The van der Waals surface area contributed by atoms with E-state index in [0.717, 1.165) is 45.2 Å². The minimum Gasteiger partial charge on any atom is -0.396 e. The van der Waals surface area contributed by atoms with Crippen LogP contribution >= 0.6 is 0 Å². The highest BCUT2D eigenvalue weighted by molar-refractivity contribution is 5.53. The first kappa shape index (κ1) is 21.1. The summed E-state index contributed by atoms with van der Waals surface area (Å²) in [7, 11) is 0. The van der Waals surface area contributed by atoms with Crippen molar-refractivity contribution in [1.82, 2.24) is 9.80 Å². The summed E-state index contributed by atoms with van der Waals surface area (Å²) in [4.78, 5) is 8.04. The van der Waals surface area contributed by atoms with Crippen LogP contribution in [0.5, 0.6) is 0 Å². The summed E-state index contributed by atoms with van der Waals surface area (Å²) in [5.41, 5.74) is 2.80. The average Bonchev–Trinajstić information content (AvgIpc) is 2.78. The molecule has 2 unspecified atom stereocenters. The summed E-state index contributed by atoms with van der Waals surface area (Å²) in [6.07, 6.45) is 5.89. The Kier molecular flexibility index (Phi) is 7.46. The molecule has 1 aromatic rings. The largest absolute Gasteiger partial charge is 0.396 e. The molecule has 3 heterocycles. The zero-order valence-electron chi connectivity index (χ0n) is 18.1. The SMILES string of the molecule is Cc1ccccc1N1CCC(N2CCC(N3CCOCC3)C(CCCO)C2)CC1. The van der Waals surface area contributed by atoms with Crippen molar-refractivity contribution in [3.63, 3.8) is 0 Å². The van der Waals surface area contributed by atoms with Gasteiger partial charge in [-0.3, -0.25) is 9.80 Å². The van der Waals surface area contributed by atoms with Crippen molar-refractivity contribution in [2.75, 3.05) is 64.0 Å². The van der Waals surface area contributed by atoms with Crippen LogP contribution in [0.15, 0.2) is 24.3 Å². The molecule has 3 aliphatic heterocycles. The van der Waals surface area contributed by atoms with Gasteiger partial charge in [-0.05, 0) is 63.1 Å².